The third-order valence-electron chi connectivity index (χ3n) is 2.74. The first-order chi connectivity index (χ1) is 7.44. The Balaban J connectivity index is 2.09. The average Bonchev–Trinajstić information content (AvgIpc) is 2.16. The summed E-state index contributed by atoms with van der Waals surface area (Å²) < 4.78 is 0. The van der Waals surface area contributed by atoms with E-state index < -0.39 is 0 Å². The van der Waals surface area contributed by atoms with Crippen LogP contribution in [-0.4, -0.2) is 23.2 Å². The molecule has 0 saturated heterocycles. The summed E-state index contributed by atoms with van der Waals surface area (Å²) in [4.78, 5) is 0. The van der Waals surface area contributed by atoms with Gasteiger partial charge < -0.3 is 15.7 Å². The zero-order valence-electron chi connectivity index (χ0n) is 10.2. The van der Waals surface area contributed by atoms with Gasteiger partial charge in [-0.15, -0.1) is 0 Å². The summed E-state index contributed by atoms with van der Waals surface area (Å²) in [5.74, 6) is 0.327. The molecule has 3 nitrogen and oxygen atoms in total. The molecule has 0 aromatic heterocycles. The molecule has 0 saturated carbocycles. The van der Waals surface area contributed by atoms with Crippen molar-refractivity contribution in [2.45, 2.75) is 38.8 Å². The number of aromatic hydroxyl groups is 1. The highest BCUT2D eigenvalue weighted by Crippen LogP contribution is 2.26. The van der Waals surface area contributed by atoms with Crippen LogP contribution in [0.1, 0.15) is 26.3 Å². The first kappa shape index (κ1) is 11.3. The quantitative estimate of drug-likeness (QED) is 0.679. The zero-order chi connectivity index (χ0) is 11.8. The van der Waals surface area contributed by atoms with Gasteiger partial charge in [-0.3, -0.25) is 0 Å². The van der Waals surface area contributed by atoms with Crippen LogP contribution in [0.3, 0.4) is 0 Å². The number of nitrogens with one attached hydrogen (secondary N) is 2. The second-order valence-electron chi connectivity index (χ2n) is 5.52. The fraction of sp³-hybridized carbons (Fsp3) is 0.538. The number of hydrogen-bond acceptors (Lipinski definition) is 3. The van der Waals surface area contributed by atoms with Crippen molar-refractivity contribution in [3.05, 3.63) is 23.8 Å². The topological polar surface area (TPSA) is 44.3 Å². The van der Waals surface area contributed by atoms with E-state index in [2.05, 4.69) is 31.4 Å². The van der Waals surface area contributed by atoms with Gasteiger partial charge in [0.1, 0.15) is 5.75 Å². The van der Waals surface area contributed by atoms with Crippen LogP contribution >= 0.6 is 0 Å². The largest absolute Gasteiger partial charge is 0.508 e. The second-order valence-corrected chi connectivity index (χ2v) is 5.52. The summed E-state index contributed by atoms with van der Waals surface area (Å²) >= 11 is 0. The number of hydrogen-bond donors (Lipinski definition) is 3. The van der Waals surface area contributed by atoms with Crippen LogP contribution in [0.25, 0.3) is 0 Å². The molecule has 1 aromatic carbocycles. The number of benzene rings is 1. The van der Waals surface area contributed by atoms with Gasteiger partial charge in [-0.2, -0.15) is 0 Å². The standard InChI is InChI=1S/C13H20N2O/c1-13(2,3)15-10-6-9-4-5-11(16)7-12(9)14-8-10/h4-5,7,10,14-16H,6,8H2,1-3H3. The van der Waals surface area contributed by atoms with Crippen molar-refractivity contribution in [3.8, 4) is 5.75 Å². The van der Waals surface area contributed by atoms with Crippen LogP contribution in [-0.2, 0) is 6.42 Å². The van der Waals surface area contributed by atoms with Crippen LogP contribution in [0.4, 0.5) is 5.69 Å². The van der Waals surface area contributed by atoms with Crippen molar-refractivity contribution >= 4 is 5.69 Å². The molecule has 1 aliphatic heterocycles. The minimum Gasteiger partial charge on any atom is -0.508 e. The van der Waals surface area contributed by atoms with E-state index in [1.165, 1.54) is 5.56 Å². The van der Waals surface area contributed by atoms with E-state index in [1.54, 1.807) is 12.1 Å². The molecule has 16 heavy (non-hydrogen) atoms. The van der Waals surface area contributed by atoms with Crippen LogP contribution in [0.2, 0.25) is 0 Å². The molecule has 0 aliphatic carbocycles. The van der Waals surface area contributed by atoms with E-state index in [0.717, 1.165) is 18.7 Å². The number of fused-ring (bicyclic) bond motifs is 1. The normalized spacial score (nSPS) is 20.1. The monoisotopic (exact) mass is 220 g/mol. The molecule has 0 bridgehead atoms. The molecule has 0 radical (unpaired) electrons. The summed E-state index contributed by atoms with van der Waals surface area (Å²) in [6, 6.07) is 5.99. The molecule has 88 valence electrons. The van der Waals surface area contributed by atoms with E-state index in [1.807, 2.05) is 6.07 Å². The minimum atomic E-state index is 0.140. The van der Waals surface area contributed by atoms with Gasteiger partial charge in [0.25, 0.3) is 0 Å². The van der Waals surface area contributed by atoms with E-state index in [0.29, 0.717) is 11.8 Å². The number of phenolic OH excluding ortho intramolecular Hbond substituents is 1. The Bertz CT molecular complexity index is 382. The van der Waals surface area contributed by atoms with Crippen LogP contribution in [0.15, 0.2) is 18.2 Å². The molecule has 1 atom stereocenters. The molecule has 3 heteroatoms. The molecule has 2 rings (SSSR count). The highest BCUT2D eigenvalue weighted by molar-refractivity contribution is 5.57. The molecule has 1 heterocycles. The summed E-state index contributed by atoms with van der Waals surface area (Å²) in [5, 5.41) is 16.3. The Morgan fingerprint density at radius 1 is 1.38 bits per heavy atom. The lowest BCUT2D eigenvalue weighted by Gasteiger charge is -2.33. The molecule has 1 aromatic rings. The predicted molar refractivity (Wildman–Crippen MR) is 67.0 cm³/mol. The molecular weight excluding hydrogens is 200 g/mol. The van der Waals surface area contributed by atoms with Gasteiger partial charge in [-0.1, -0.05) is 6.07 Å². The third kappa shape index (κ3) is 2.67. The fourth-order valence-corrected chi connectivity index (χ4v) is 2.19. The summed E-state index contributed by atoms with van der Waals surface area (Å²) in [6.45, 7) is 7.45. The SMILES string of the molecule is CC(C)(C)NC1CNc2cc(O)ccc2C1. The first-order valence-electron chi connectivity index (χ1n) is 5.77. The van der Waals surface area contributed by atoms with Gasteiger partial charge in [-0.05, 0) is 38.8 Å². The molecule has 0 spiro atoms. The van der Waals surface area contributed by atoms with Crippen LogP contribution in [0, 0.1) is 0 Å². The maximum Gasteiger partial charge on any atom is 0.117 e. The predicted octanol–water partition coefficient (Wildman–Crippen LogP) is 2.12. The third-order valence-corrected chi connectivity index (χ3v) is 2.74. The highest BCUT2D eigenvalue weighted by Gasteiger charge is 2.22. The van der Waals surface area contributed by atoms with E-state index in [9.17, 15) is 5.11 Å². The summed E-state index contributed by atoms with van der Waals surface area (Å²) in [6.07, 6.45) is 1.01. The van der Waals surface area contributed by atoms with Gasteiger partial charge in [0.15, 0.2) is 0 Å². The maximum absolute atomic E-state index is 9.38. The summed E-state index contributed by atoms with van der Waals surface area (Å²) in [7, 11) is 0. The number of anilines is 1. The molecule has 0 fully saturated rings. The fourth-order valence-electron chi connectivity index (χ4n) is 2.19. The van der Waals surface area contributed by atoms with Gasteiger partial charge >= 0.3 is 0 Å². The second kappa shape index (κ2) is 3.98. The van der Waals surface area contributed by atoms with E-state index in [-0.39, 0.29) is 5.54 Å². The minimum absolute atomic E-state index is 0.140. The van der Waals surface area contributed by atoms with Gasteiger partial charge in [0.05, 0.1) is 0 Å². The molecule has 1 unspecified atom stereocenters. The molecule has 3 N–H and O–H groups in total. The number of phenols is 1. The lowest BCUT2D eigenvalue weighted by molar-refractivity contribution is 0.360. The van der Waals surface area contributed by atoms with Crippen LogP contribution in [0.5, 0.6) is 5.75 Å². The smallest absolute Gasteiger partial charge is 0.117 e. The summed E-state index contributed by atoms with van der Waals surface area (Å²) in [5.41, 5.74) is 2.47. The number of rotatable bonds is 1. The van der Waals surface area contributed by atoms with Gasteiger partial charge in [0, 0.05) is 29.9 Å². The zero-order valence-corrected chi connectivity index (χ0v) is 10.2. The Morgan fingerprint density at radius 2 is 2.12 bits per heavy atom. The molecular formula is C13H20N2O. The van der Waals surface area contributed by atoms with Crippen molar-refractivity contribution in [1.82, 2.24) is 5.32 Å². The van der Waals surface area contributed by atoms with Crippen molar-refractivity contribution in [2.75, 3.05) is 11.9 Å². The van der Waals surface area contributed by atoms with E-state index in [4.69, 9.17) is 0 Å². The average molecular weight is 220 g/mol. The van der Waals surface area contributed by atoms with Crippen molar-refractivity contribution in [3.63, 3.8) is 0 Å². The van der Waals surface area contributed by atoms with Crippen molar-refractivity contribution in [1.29, 1.82) is 0 Å². The van der Waals surface area contributed by atoms with E-state index >= 15 is 0 Å². The highest BCUT2D eigenvalue weighted by atomic mass is 16.3. The Labute approximate surface area is 96.9 Å². The lowest BCUT2D eigenvalue weighted by Crippen LogP contribution is -2.49. The Morgan fingerprint density at radius 3 is 2.81 bits per heavy atom. The van der Waals surface area contributed by atoms with Gasteiger partial charge in [0.2, 0.25) is 0 Å². The van der Waals surface area contributed by atoms with Crippen molar-refractivity contribution in [2.24, 2.45) is 0 Å². The first-order valence-corrected chi connectivity index (χ1v) is 5.77. The maximum atomic E-state index is 9.38. The Kier molecular flexibility index (Phi) is 2.80. The molecule has 1 aliphatic rings. The van der Waals surface area contributed by atoms with Crippen molar-refractivity contribution < 1.29 is 5.11 Å². The molecule has 0 amide bonds. The lowest BCUT2D eigenvalue weighted by atomic mass is 9.97. The van der Waals surface area contributed by atoms with Gasteiger partial charge in [-0.25, -0.2) is 0 Å². The Hall–Kier alpha value is -1.22. The van der Waals surface area contributed by atoms with Crippen LogP contribution < -0.4 is 10.6 Å².